The van der Waals surface area contributed by atoms with Crippen LogP contribution >= 0.6 is 0 Å². The number of nitrogens with one attached hydrogen (secondary N) is 1. The van der Waals surface area contributed by atoms with Gasteiger partial charge in [-0.25, -0.2) is 10.5 Å². The van der Waals surface area contributed by atoms with Crippen LogP contribution in [-0.4, -0.2) is 32.2 Å². The molecule has 142 valence electrons. The van der Waals surface area contributed by atoms with Crippen molar-refractivity contribution in [3.63, 3.8) is 0 Å². The molecular weight excluding hydrogens is 356 g/mol. The van der Waals surface area contributed by atoms with Crippen LogP contribution in [0, 0.1) is 0 Å². The van der Waals surface area contributed by atoms with Crippen molar-refractivity contribution in [1.82, 2.24) is 20.0 Å². The van der Waals surface area contributed by atoms with Crippen molar-refractivity contribution in [2.75, 3.05) is 6.54 Å². The van der Waals surface area contributed by atoms with Crippen LogP contribution < -0.4 is 5.48 Å². The summed E-state index contributed by atoms with van der Waals surface area (Å²) < 4.78 is 2.20. The van der Waals surface area contributed by atoms with Gasteiger partial charge < -0.3 is 4.57 Å². The second-order valence-corrected chi connectivity index (χ2v) is 6.54. The molecule has 0 aliphatic carbocycles. The van der Waals surface area contributed by atoms with Gasteiger partial charge in [-0.05, 0) is 23.8 Å². The highest BCUT2D eigenvalue weighted by molar-refractivity contribution is 5.76. The molecular formula is C20H20N6O2. The maximum absolute atomic E-state index is 11.2. The molecule has 1 aromatic heterocycles. The van der Waals surface area contributed by atoms with Gasteiger partial charge in [0.25, 0.3) is 0 Å². The summed E-state index contributed by atoms with van der Waals surface area (Å²) in [5.41, 5.74) is 5.51. The van der Waals surface area contributed by atoms with Crippen molar-refractivity contribution in [3.05, 3.63) is 77.8 Å². The zero-order valence-electron chi connectivity index (χ0n) is 15.2. The molecule has 1 aliphatic heterocycles. The fourth-order valence-electron chi connectivity index (χ4n) is 3.17. The molecule has 0 atom stereocenters. The van der Waals surface area contributed by atoms with E-state index in [1.165, 1.54) is 5.56 Å². The molecule has 2 heterocycles. The number of aromatic nitrogens is 2. The van der Waals surface area contributed by atoms with Gasteiger partial charge in [-0.3, -0.25) is 15.0 Å². The molecule has 0 fully saturated rings. The van der Waals surface area contributed by atoms with Gasteiger partial charge in [0.1, 0.15) is 5.82 Å². The lowest BCUT2D eigenvalue weighted by molar-refractivity contribution is -0.128. The fraction of sp³-hybridized carbons (Fsp3) is 0.200. The SMILES string of the molecule is O=C(C/C=C1/CN(Cc2nc3ccccc3n2Cc2ccccc2)N=N1)NO. The highest BCUT2D eigenvalue weighted by Crippen LogP contribution is 2.21. The maximum Gasteiger partial charge on any atom is 0.247 e. The van der Waals surface area contributed by atoms with Crippen LogP contribution in [0.1, 0.15) is 17.8 Å². The smallest absolute Gasteiger partial charge is 0.247 e. The van der Waals surface area contributed by atoms with Crippen molar-refractivity contribution in [2.24, 2.45) is 10.3 Å². The number of imidazole rings is 1. The first-order chi connectivity index (χ1) is 13.7. The summed E-state index contributed by atoms with van der Waals surface area (Å²) in [6, 6.07) is 18.3. The van der Waals surface area contributed by atoms with E-state index in [2.05, 4.69) is 33.1 Å². The number of fused-ring (bicyclic) bond motifs is 1. The predicted octanol–water partition coefficient (Wildman–Crippen LogP) is 3.05. The normalized spacial score (nSPS) is 14.9. The molecule has 1 amide bonds. The molecule has 28 heavy (non-hydrogen) atoms. The lowest BCUT2D eigenvalue weighted by Crippen LogP contribution is -2.19. The number of rotatable bonds is 6. The third-order valence-electron chi connectivity index (χ3n) is 4.53. The molecule has 0 bridgehead atoms. The number of hydrogen-bond donors (Lipinski definition) is 2. The summed E-state index contributed by atoms with van der Waals surface area (Å²) in [6.45, 7) is 1.73. The molecule has 8 heteroatoms. The lowest BCUT2D eigenvalue weighted by atomic mass is 10.2. The Hall–Kier alpha value is -3.52. The summed E-state index contributed by atoms with van der Waals surface area (Å²) in [5.74, 6) is 0.421. The Kier molecular flexibility index (Phi) is 5.11. The average molecular weight is 376 g/mol. The van der Waals surface area contributed by atoms with Crippen LogP contribution in [0.2, 0.25) is 0 Å². The average Bonchev–Trinajstić information content (AvgIpc) is 3.32. The molecule has 2 aromatic carbocycles. The first kappa shape index (κ1) is 17.9. The van der Waals surface area contributed by atoms with E-state index >= 15 is 0 Å². The van der Waals surface area contributed by atoms with Crippen LogP contribution in [0.5, 0.6) is 0 Å². The van der Waals surface area contributed by atoms with Gasteiger partial charge in [0.05, 0.1) is 29.8 Å². The van der Waals surface area contributed by atoms with Gasteiger partial charge in [-0.2, -0.15) is 0 Å². The van der Waals surface area contributed by atoms with Gasteiger partial charge in [-0.15, -0.1) is 5.11 Å². The molecule has 0 unspecified atom stereocenters. The molecule has 2 N–H and O–H groups in total. The van der Waals surface area contributed by atoms with Gasteiger partial charge in [-0.1, -0.05) is 47.7 Å². The third kappa shape index (κ3) is 3.91. The predicted molar refractivity (Wildman–Crippen MR) is 103 cm³/mol. The zero-order valence-corrected chi connectivity index (χ0v) is 15.2. The number of para-hydroxylation sites is 2. The summed E-state index contributed by atoms with van der Waals surface area (Å²) in [6.07, 6.45) is 1.72. The number of benzene rings is 2. The van der Waals surface area contributed by atoms with Crippen molar-refractivity contribution >= 4 is 16.9 Å². The summed E-state index contributed by atoms with van der Waals surface area (Å²) in [4.78, 5) is 15.9. The van der Waals surface area contributed by atoms with Crippen LogP contribution in [0.3, 0.4) is 0 Å². The second-order valence-electron chi connectivity index (χ2n) is 6.54. The summed E-state index contributed by atoms with van der Waals surface area (Å²) in [7, 11) is 0. The number of hydrogen-bond acceptors (Lipinski definition) is 6. The van der Waals surface area contributed by atoms with E-state index < -0.39 is 5.91 Å². The largest absolute Gasteiger partial charge is 0.322 e. The van der Waals surface area contributed by atoms with Crippen molar-refractivity contribution < 1.29 is 10.0 Å². The molecule has 4 rings (SSSR count). The Labute approximate surface area is 161 Å². The highest BCUT2D eigenvalue weighted by atomic mass is 16.5. The Balaban J connectivity index is 1.55. The van der Waals surface area contributed by atoms with Crippen molar-refractivity contribution in [3.8, 4) is 0 Å². The van der Waals surface area contributed by atoms with Crippen LogP contribution in [-0.2, 0) is 17.9 Å². The van der Waals surface area contributed by atoms with Gasteiger partial charge >= 0.3 is 0 Å². The van der Waals surface area contributed by atoms with Crippen LogP contribution in [0.25, 0.3) is 11.0 Å². The number of nitrogens with zero attached hydrogens (tertiary/aromatic N) is 5. The van der Waals surface area contributed by atoms with Crippen molar-refractivity contribution in [2.45, 2.75) is 19.5 Å². The number of amides is 1. The molecule has 0 saturated carbocycles. The number of carbonyl (C=O) groups excluding carboxylic acids is 1. The third-order valence-corrected chi connectivity index (χ3v) is 4.53. The Morgan fingerprint density at radius 3 is 2.71 bits per heavy atom. The van der Waals surface area contributed by atoms with Gasteiger partial charge in [0, 0.05) is 13.0 Å². The van der Waals surface area contributed by atoms with E-state index in [-0.39, 0.29) is 6.42 Å². The standard InChI is InChI=1S/C20H20N6O2/c27-20(23-28)11-10-16-13-25(24-22-16)14-19-21-17-8-4-5-9-18(17)26(19)12-15-6-2-1-3-7-15/h1-10,28H,11-14H2,(H,23,27)/b16-10-. The first-order valence-electron chi connectivity index (χ1n) is 8.99. The van der Waals surface area contributed by atoms with Crippen molar-refractivity contribution in [1.29, 1.82) is 0 Å². The number of hydroxylamine groups is 1. The van der Waals surface area contributed by atoms with Crippen LogP contribution in [0.15, 0.2) is 76.7 Å². The van der Waals surface area contributed by atoms with E-state index in [4.69, 9.17) is 10.2 Å². The minimum Gasteiger partial charge on any atom is -0.322 e. The molecule has 8 nitrogen and oxygen atoms in total. The number of carbonyl (C=O) groups is 1. The highest BCUT2D eigenvalue weighted by Gasteiger charge is 2.18. The summed E-state index contributed by atoms with van der Waals surface area (Å²) >= 11 is 0. The fourth-order valence-corrected chi connectivity index (χ4v) is 3.17. The minimum absolute atomic E-state index is 0.0607. The quantitative estimate of drug-likeness (QED) is 0.511. The monoisotopic (exact) mass is 376 g/mol. The van der Waals surface area contributed by atoms with E-state index in [1.807, 2.05) is 41.4 Å². The van der Waals surface area contributed by atoms with E-state index in [1.54, 1.807) is 11.6 Å². The molecule has 0 saturated heterocycles. The van der Waals surface area contributed by atoms with E-state index in [0.29, 0.717) is 18.8 Å². The molecule has 3 aromatic rings. The summed E-state index contributed by atoms with van der Waals surface area (Å²) in [5, 5.41) is 18.7. The van der Waals surface area contributed by atoms with E-state index in [0.717, 1.165) is 23.4 Å². The minimum atomic E-state index is -0.481. The van der Waals surface area contributed by atoms with Gasteiger partial charge in [0.15, 0.2) is 0 Å². The zero-order chi connectivity index (χ0) is 19.3. The molecule has 0 spiro atoms. The maximum atomic E-state index is 11.2. The Bertz CT molecular complexity index is 1040. The molecule has 0 radical (unpaired) electrons. The topological polar surface area (TPSA) is 95.1 Å². The van der Waals surface area contributed by atoms with Crippen LogP contribution in [0.4, 0.5) is 0 Å². The molecule has 1 aliphatic rings. The lowest BCUT2D eigenvalue weighted by Gasteiger charge is -2.14. The second kappa shape index (κ2) is 8.01. The van der Waals surface area contributed by atoms with E-state index in [9.17, 15) is 4.79 Å². The Morgan fingerprint density at radius 1 is 1.11 bits per heavy atom. The Morgan fingerprint density at radius 2 is 1.89 bits per heavy atom. The first-order valence-corrected chi connectivity index (χ1v) is 8.99. The van der Waals surface area contributed by atoms with Gasteiger partial charge in [0.2, 0.25) is 5.91 Å².